The number of carboxylic acid groups (broad SMARTS) is 1. The molecule has 0 aliphatic rings. The van der Waals surface area contributed by atoms with Gasteiger partial charge in [-0.3, -0.25) is 0 Å². The van der Waals surface area contributed by atoms with E-state index in [4.69, 9.17) is 5.11 Å². The first-order valence-electron chi connectivity index (χ1n) is 5.24. The number of thioether (sulfide) groups is 1. The van der Waals surface area contributed by atoms with Crippen molar-refractivity contribution in [2.24, 2.45) is 0 Å². The van der Waals surface area contributed by atoms with Gasteiger partial charge in [0.15, 0.2) is 0 Å². The average molecular weight is 309 g/mol. The van der Waals surface area contributed by atoms with Gasteiger partial charge in [0.1, 0.15) is 9.77 Å². The van der Waals surface area contributed by atoms with Crippen molar-refractivity contribution in [1.82, 2.24) is 4.72 Å². The van der Waals surface area contributed by atoms with Gasteiger partial charge in [-0.2, -0.15) is 11.8 Å². The fourth-order valence-electron chi connectivity index (χ4n) is 1.38. The zero-order valence-electron chi connectivity index (χ0n) is 10.0. The molecule has 1 unspecified atom stereocenters. The zero-order valence-corrected chi connectivity index (χ0v) is 12.5. The molecule has 18 heavy (non-hydrogen) atoms. The summed E-state index contributed by atoms with van der Waals surface area (Å²) >= 11 is 2.45. The third-order valence-electron chi connectivity index (χ3n) is 2.30. The van der Waals surface area contributed by atoms with Crippen LogP contribution in [0.1, 0.15) is 23.0 Å². The van der Waals surface area contributed by atoms with Crippen LogP contribution in [0.2, 0.25) is 0 Å². The highest BCUT2D eigenvalue weighted by molar-refractivity contribution is 7.98. The summed E-state index contributed by atoms with van der Waals surface area (Å²) in [6, 6.07) is 1.13. The van der Waals surface area contributed by atoms with Gasteiger partial charge < -0.3 is 5.11 Å². The third kappa shape index (κ3) is 3.71. The summed E-state index contributed by atoms with van der Waals surface area (Å²) in [5.74, 6) is -0.564. The second-order valence-electron chi connectivity index (χ2n) is 3.60. The second kappa shape index (κ2) is 6.55. The highest BCUT2D eigenvalue weighted by atomic mass is 32.2. The Morgan fingerprint density at radius 2 is 2.28 bits per heavy atom. The maximum Gasteiger partial charge on any atom is 0.347 e. The van der Waals surface area contributed by atoms with Gasteiger partial charge in [-0.25, -0.2) is 17.9 Å². The molecule has 0 aromatic carbocycles. The number of aromatic carboxylic acids is 1. The number of hydrogen-bond acceptors (Lipinski definition) is 5. The van der Waals surface area contributed by atoms with Crippen LogP contribution in [-0.4, -0.2) is 37.5 Å². The van der Waals surface area contributed by atoms with Crippen LogP contribution in [-0.2, 0) is 10.0 Å². The number of nitrogens with one attached hydrogen (secondary N) is 1. The molecule has 0 fully saturated rings. The predicted octanol–water partition coefficient (Wildman–Crippen LogP) is 1.87. The molecule has 0 bridgehead atoms. The quantitative estimate of drug-likeness (QED) is 0.803. The van der Waals surface area contributed by atoms with E-state index in [1.807, 2.05) is 13.2 Å². The number of rotatable bonds is 7. The molecule has 0 amide bonds. The van der Waals surface area contributed by atoms with Gasteiger partial charge in [0.05, 0.1) is 0 Å². The highest BCUT2D eigenvalue weighted by Crippen LogP contribution is 2.22. The van der Waals surface area contributed by atoms with Gasteiger partial charge in [0.2, 0.25) is 10.0 Å². The summed E-state index contributed by atoms with van der Waals surface area (Å²) in [7, 11) is -3.76. The Hall–Kier alpha value is -0.570. The number of thiophene rings is 1. The first-order chi connectivity index (χ1) is 8.42. The minimum absolute atomic E-state index is 0.151. The molecular formula is C10H15NO4S3. The van der Waals surface area contributed by atoms with E-state index in [0.717, 1.165) is 11.3 Å². The van der Waals surface area contributed by atoms with Crippen molar-refractivity contribution in [2.45, 2.75) is 24.3 Å². The van der Waals surface area contributed by atoms with Crippen molar-refractivity contribution in [3.05, 3.63) is 16.3 Å². The van der Waals surface area contributed by atoms with Gasteiger partial charge in [-0.15, -0.1) is 11.3 Å². The first kappa shape index (κ1) is 15.5. The van der Waals surface area contributed by atoms with E-state index < -0.39 is 16.0 Å². The molecule has 1 rings (SSSR count). The van der Waals surface area contributed by atoms with Gasteiger partial charge >= 0.3 is 5.97 Å². The SMILES string of the molecule is CCC(CSC)NS(=O)(=O)c1ccsc1C(=O)O. The molecule has 0 spiro atoms. The average Bonchev–Trinajstić information content (AvgIpc) is 2.77. The fraction of sp³-hybridized carbons (Fsp3) is 0.500. The Bertz CT molecular complexity index is 509. The van der Waals surface area contributed by atoms with Crippen LogP contribution in [0.5, 0.6) is 0 Å². The van der Waals surface area contributed by atoms with E-state index in [1.54, 1.807) is 11.8 Å². The van der Waals surface area contributed by atoms with Gasteiger partial charge in [0, 0.05) is 11.8 Å². The van der Waals surface area contributed by atoms with Crippen LogP contribution in [0.3, 0.4) is 0 Å². The Morgan fingerprint density at radius 1 is 1.61 bits per heavy atom. The van der Waals surface area contributed by atoms with Crippen LogP contribution in [0.4, 0.5) is 0 Å². The standard InChI is InChI=1S/C10H15NO4S3/c1-3-7(6-16-2)11-18(14,15)8-4-5-17-9(8)10(12)13/h4-5,7,11H,3,6H2,1-2H3,(H,12,13). The fourth-order valence-corrected chi connectivity index (χ4v) is 4.79. The summed E-state index contributed by atoms with van der Waals surface area (Å²) in [4.78, 5) is 10.6. The van der Waals surface area contributed by atoms with Crippen LogP contribution in [0.25, 0.3) is 0 Å². The van der Waals surface area contributed by atoms with Gasteiger partial charge in [-0.1, -0.05) is 6.92 Å². The van der Waals surface area contributed by atoms with Crippen molar-refractivity contribution in [2.75, 3.05) is 12.0 Å². The summed E-state index contributed by atoms with van der Waals surface area (Å²) < 4.78 is 26.7. The number of carbonyl (C=O) groups is 1. The third-order valence-corrected chi connectivity index (χ3v) is 5.63. The van der Waals surface area contributed by atoms with Crippen LogP contribution in [0, 0.1) is 0 Å². The van der Waals surface area contributed by atoms with E-state index in [-0.39, 0.29) is 15.8 Å². The monoisotopic (exact) mass is 309 g/mol. The van der Waals surface area contributed by atoms with Crippen molar-refractivity contribution in [3.8, 4) is 0 Å². The predicted molar refractivity (Wildman–Crippen MR) is 74.1 cm³/mol. The molecule has 102 valence electrons. The molecule has 2 N–H and O–H groups in total. The van der Waals surface area contributed by atoms with Crippen LogP contribution < -0.4 is 4.72 Å². The molecule has 8 heteroatoms. The maximum absolute atomic E-state index is 12.1. The Labute approximate surface area is 115 Å². The number of sulfonamides is 1. The van der Waals surface area contributed by atoms with Gasteiger partial charge in [-0.05, 0) is 24.1 Å². The summed E-state index contributed by atoms with van der Waals surface area (Å²) in [6.45, 7) is 1.88. The molecule has 1 atom stereocenters. The summed E-state index contributed by atoms with van der Waals surface area (Å²) in [5, 5.41) is 10.4. The molecule has 0 aliphatic carbocycles. The molecule has 1 aromatic rings. The molecule has 1 aromatic heterocycles. The Morgan fingerprint density at radius 3 is 2.78 bits per heavy atom. The molecule has 5 nitrogen and oxygen atoms in total. The summed E-state index contributed by atoms with van der Waals surface area (Å²) in [5.41, 5.74) is 0. The topological polar surface area (TPSA) is 83.5 Å². The minimum atomic E-state index is -3.76. The van der Waals surface area contributed by atoms with Gasteiger partial charge in [0.25, 0.3) is 0 Å². The van der Waals surface area contributed by atoms with Crippen molar-refractivity contribution in [1.29, 1.82) is 0 Å². The molecule has 0 saturated heterocycles. The van der Waals surface area contributed by atoms with Crippen molar-refractivity contribution < 1.29 is 18.3 Å². The molecule has 0 saturated carbocycles. The lowest BCUT2D eigenvalue weighted by atomic mass is 10.3. The van der Waals surface area contributed by atoms with E-state index in [2.05, 4.69) is 4.72 Å². The zero-order chi connectivity index (χ0) is 13.8. The number of hydrogen-bond donors (Lipinski definition) is 2. The molecule has 1 heterocycles. The van der Waals surface area contributed by atoms with E-state index in [0.29, 0.717) is 12.2 Å². The van der Waals surface area contributed by atoms with Crippen LogP contribution >= 0.6 is 23.1 Å². The van der Waals surface area contributed by atoms with E-state index >= 15 is 0 Å². The number of carboxylic acids is 1. The first-order valence-corrected chi connectivity index (χ1v) is 9.00. The smallest absolute Gasteiger partial charge is 0.347 e. The molecule has 0 radical (unpaired) electrons. The van der Waals surface area contributed by atoms with E-state index in [1.165, 1.54) is 11.4 Å². The van der Waals surface area contributed by atoms with Crippen molar-refractivity contribution in [3.63, 3.8) is 0 Å². The normalized spacial score (nSPS) is 13.4. The maximum atomic E-state index is 12.1. The Balaban J connectivity index is 2.99. The highest BCUT2D eigenvalue weighted by Gasteiger charge is 2.25. The molecular weight excluding hydrogens is 294 g/mol. The molecule has 0 aliphatic heterocycles. The second-order valence-corrected chi connectivity index (χ2v) is 7.11. The lowest BCUT2D eigenvalue weighted by molar-refractivity contribution is 0.0698. The van der Waals surface area contributed by atoms with E-state index in [9.17, 15) is 13.2 Å². The van der Waals surface area contributed by atoms with Crippen molar-refractivity contribution >= 4 is 39.1 Å². The lowest BCUT2D eigenvalue weighted by Gasteiger charge is -2.15. The van der Waals surface area contributed by atoms with Crippen LogP contribution in [0.15, 0.2) is 16.3 Å². The summed E-state index contributed by atoms with van der Waals surface area (Å²) in [6.07, 6.45) is 2.55. The minimum Gasteiger partial charge on any atom is -0.477 e. The Kier molecular flexibility index (Phi) is 5.64. The largest absolute Gasteiger partial charge is 0.477 e. The lowest BCUT2D eigenvalue weighted by Crippen LogP contribution is -2.36.